The molecule has 0 spiro atoms. The van der Waals surface area contributed by atoms with E-state index in [0.717, 1.165) is 0 Å². The number of carbonyl (C=O) groups is 2. The van der Waals surface area contributed by atoms with E-state index in [-0.39, 0.29) is 40.4 Å². The predicted octanol–water partition coefficient (Wildman–Crippen LogP) is 1.69. The van der Waals surface area contributed by atoms with Gasteiger partial charge in [0.25, 0.3) is 5.91 Å². The summed E-state index contributed by atoms with van der Waals surface area (Å²) in [4.78, 5) is 43.0. The number of aromatic nitrogens is 4. The Bertz CT molecular complexity index is 1470. The summed E-state index contributed by atoms with van der Waals surface area (Å²) in [6.45, 7) is 1.97. The number of pyridine rings is 2. The molecule has 14 nitrogen and oxygen atoms in total. The fraction of sp³-hybridized carbons (Fsp3) is 0.304. The molecule has 0 radical (unpaired) electrons. The summed E-state index contributed by atoms with van der Waals surface area (Å²) in [7, 11) is 3.42. The van der Waals surface area contributed by atoms with Gasteiger partial charge in [-0.05, 0) is 6.07 Å². The van der Waals surface area contributed by atoms with Crippen LogP contribution in [0.1, 0.15) is 0 Å². The van der Waals surface area contributed by atoms with Crippen LogP contribution in [0.2, 0.25) is 5.02 Å². The number of likely N-dealkylation sites (N-methyl/N-ethyl adjacent to an activating group) is 1. The Morgan fingerprint density at radius 1 is 1.37 bits per heavy atom. The van der Waals surface area contributed by atoms with E-state index in [4.69, 9.17) is 31.5 Å². The van der Waals surface area contributed by atoms with Crippen molar-refractivity contribution >= 4 is 52.4 Å². The van der Waals surface area contributed by atoms with Crippen LogP contribution in [0.15, 0.2) is 41.3 Å². The molecule has 2 aliphatic heterocycles. The lowest BCUT2D eigenvalue weighted by Crippen LogP contribution is -2.44. The zero-order valence-electron chi connectivity index (χ0n) is 20.5. The number of nitrogens with two attached hydrogens (primary N) is 1. The van der Waals surface area contributed by atoms with Crippen LogP contribution in [-0.2, 0) is 21.3 Å². The highest BCUT2D eigenvalue weighted by Gasteiger charge is 2.23. The largest absolute Gasteiger partial charge is 0.454 e. The van der Waals surface area contributed by atoms with Crippen molar-refractivity contribution in [2.45, 2.75) is 6.10 Å². The number of carbonyl (C=O) groups excluding carboxylic acids is 2. The summed E-state index contributed by atoms with van der Waals surface area (Å²) in [6, 6.07) is 3.12. The number of ether oxygens (including phenoxy) is 3. The summed E-state index contributed by atoms with van der Waals surface area (Å²) >= 11 is 6.65. The Labute approximate surface area is 221 Å². The maximum absolute atomic E-state index is 12.3. The smallest absolute Gasteiger partial charge is 0.413 e. The molecule has 5 heterocycles. The van der Waals surface area contributed by atoms with Gasteiger partial charge in [0.2, 0.25) is 5.95 Å². The number of aryl methyl sites for hydroxylation is 1. The molecule has 0 aromatic carbocycles. The average molecular weight is 542 g/mol. The van der Waals surface area contributed by atoms with Crippen molar-refractivity contribution in [2.24, 2.45) is 17.8 Å². The van der Waals surface area contributed by atoms with Gasteiger partial charge in [-0.25, -0.2) is 14.8 Å². The number of rotatable bonds is 6. The Hall–Kier alpha value is -4.43. The number of imidazole rings is 1. The number of halogens is 1. The molecule has 2 saturated heterocycles. The van der Waals surface area contributed by atoms with Gasteiger partial charge < -0.3 is 34.7 Å². The van der Waals surface area contributed by atoms with E-state index in [1.54, 1.807) is 29.6 Å². The first-order chi connectivity index (χ1) is 18.3. The zero-order chi connectivity index (χ0) is 26.8. The molecule has 2 amide bonds. The molecule has 0 bridgehead atoms. The fourth-order valence-corrected chi connectivity index (χ4v) is 3.96. The van der Waals surface area contributed by atoms with E-state index in [0.29, 0.717) is 48.9 Å². The number of hydrogen-bond donors (Lipinski definition) is 3. The SMILES string of the molecule is CN1CCN/C(=C\C(N)=N/c2nc3ncc(Oc4ccnc(NC(=O)OC5COC5)c4)c(Cl)c3n2C)C1=O. The highest BCUT2D eigenvalue weighted by Crippen LogP contribution is 2.36. The number of nitrogens with one attached hydrogen (secondary N) is 2. The predicted molar refractivity (Wildman–Crippen MR) is 138 cm³/mol. The van der Waals surface area contributed by atoms with Crippen molar-refractivity contribution in [2.75, 3.05) is 38.7 Å². The van der Waals surface area contributed by atoms with E-state index in [9.17, 15) is 9.59 Å². The molecule has 0 unspecified atom stereocenters. The number of hydrogen-bond acceptors (Lipinski definition) is 10. The van der Waals surface area contributed by atoms with Crippen molar-refractivity contribution in [3.63, 3.8) is 0 Å². The van der Waals surface area contributed by atoms with Gasteiger partial charge in [-0.3, -0.25) is 10.1 Å². The van der Waals surface area contributed by atoms with Gasteiger partial charge in [0.1, 0.15) is 33.6 Å². The van der Waals surface area contributed by atoms with Gasteiger partial charge in [0.15, 0.2) is 17.5 Å². The van der Waals surface area contributed by atoms with Crippen LogP contribution in [0.3, 0.4) is 0 Å². The fourth-order valence-electron chi connectivity index (χ4n) is 3.66. The highest BCUT2D eigenvalue weighted by atomic mass is 35.5. The van der Waals surface area contributed by atoms with E-state index >= 15 is 0 Å². The van der Waals surface area contributed by atoms with Crippen LogP contribution >= 0.6 is 11.6 Å². The van der Waals surface area contributed by atoms with E-state index in [1.165, 1.54) is 24.5 Å². The summed E-state index contributed by atoms with van der Waals surface area (Å²) < 4.78 is 17.7. The lowest BCUT2D eigenvalue weighted by atomic mass is 10.2. The van der Waals surface area contributed by atoms with Gasteiger partial charge in [0.05, 0.1) is 19.4 Å². The molecule has 38 heavy (non-hydrogen) atoms. The molecule has 2 fully saturated rings. The molecular formula is C23H24ClN9O5. The van der Waals surface area contributed by atoms with Crippen LogP contribution in [0.4, 0.5) is 16.6 Å². The van der Waals surface area contributed by atoms with Crippen LogP contribution < -0.4 is 21.1 Å². The topological polar surface area (TPSA) is 171 Å². The molecule has 2 aliphatic rings. The first kappa shape index (κ1) is 25.2. The number of amidine groups is 1. The monoisotopic (exact) mass is 541 g/mol. The molecule has 0 saturated carbocycles. The first-order valence-corrected chi connectivity index (χ1v) is 11.9. The Balaban J connectivity index is 1.35. The number of amides is 2. The van der Waals surface area contributed by atoms with Crippen LogP contribution in [0.5, 0.6) is 11.5 Å². The van der Waals surface area contributed by atoms with Crippen LogP contribution in [0, 0.1) is 0 Å². The number of fused-ring (bicyclic) bond motifs is 1. The van der Waals surface area contributed by atoms with Gasteiger partial charge >= 0.3 is 6.09 Å². The minimum absolute atomic E-state index is 0.0855. The van der Waals surface area contributed by atoms with Crippen LogP contribution in [0.25, 0.3) is 11.2 Å². The maximum Gasteiger partial charge on any atom is 0.413 e. The number of anilines is 1. The van der Waals surface area contributed by atoms with Crippen molar-refractivity contribution in [3.05, 3.63) is 41.3 Å². The van der Waals surface area contributed by atoms with Gasteiger partial charge in [-0.2, -0.15) is 9.98 Å². The summed E-state index contributed by atoms with van der Waals surface area (Å²) in [5.74, 6) is 0.989. The summed E-state index contributed by atoms with van der Waals surface area (Å²) in [5, 5.41) is 5.80. The number of nitrogens with zero attached hydrogens (tertiary/aromatic N) is 6. The second kappa shape index (κ2) is 10.5. The molecule has 4 N–H and O–H groups in total. The summed E-state index contributed by atoms with van der Waals surface area (Å²) in [5.41, 5.74) is 7.22. The number of piperazine rings is 1. The zero-order valence-corrected chi connectivity index (χ0v) is 21.2. The van der Waals surface area contributed by atoms with Crippen molar-refractivity contribution in [1.82, 2.24) is 29.7 Å². The third-order valence-corrected chi connectivity index (χ3v) is 6.08. The Morgan fingerprint density at radius 3 is 2.95 bits per heavy atom. The average Bonchev–Trinajstić information content (AvgIpc) is 3.17. The standard InChI is InChI=1S/C23H24ClN9O5/c1-32-6-5-26-14(21(32)34)8-16(25)29-22-31-20-19(33(22)2)18(24)15(9-28-20)37-12-3-4-27-17(7-12)30-23(35)38-13-10-36-11-13/h3-4,7-9,13,26H,5-6,10-11H2,1-2H3,(H,27,30,35)(H2,25,28,29,31)/b14-8-. The maximum atomic E-state index is 12.3. The molecule has 15 heteroatoms. The third-order valence-electron chi connectivity index (χ3n) is 5.71. The first-order valence-electron chi connectivity index (χ1n) is 11.5. The molecule has 3 aromatic rings. The lowest BCUT2D eigenvalue weighted by Gasteiger charge is -2.25. The highest BCUT2D eigenvalue weighted by molar-refractivity contribution is 6.36. The quantitative estimate of drug-likeness (QED) is 0.237. The van der Waals surface area contributed by atoms with Gasteiger partial charge in [-0.15, -0.1) is 0 Å². The van der Waals surface area contributed by atoms with E-state index < -0.39 is 6.09 Å². The normalized spacial score (nSPS) is 17.3. The second-order valence-electron chi connectivity index (χ2n) is 8.50. The molecule has 3 aromatic heterocycles. The Morgan fingerprint density at radius 2 is 2.18 bits per heavy atom. The number of aliphatic imine (C=N–C) groups is 1. The molecule has 0 atom stereocenters. The molecular weight excluding hydrogens is 518 g/mol. The van der Waals surface area contributed by atoms with Crippen LogP contribution in [-0.4, -0.2) is 81.7 Å². The molecule has 198 valence electrons. The van der Waals surface area contributed by atoms with E-state index in [1.807, 2.05) is 0 Å². The third kappa shape index (κ3) is 5.31. The van der Waals surface area contributed by atoms with Crippen molar-refractivity contribution in [3.8, 4) is 11.5 Å². The van der Waals surface area contributed by atoms with E-state index in [2.05, 4.69) is 30.6 Å². The lowest BCUT2D eigenvalue weighted by molar-refractivity contribution is -0.127. The van der Waals surface area contributed by atoms with Gasteiger partial charge in [-0.1, -0.05) is 11.6 Å². The van der Waals surface area contributed by atoms with Crippen molar-refractivity contribution < 1.29 is 23.8 Å². The molecule has 5 rings (SSSR count). The minimum atomic E-state index is -0.641. The summed E-state index contributed by atoms with van der Waals surface area (Å²) in [6.07, 6.45) is 3.45. The van der Waals surface area contributed by atoms with Crippen molar-refractivity contribution in [1.29, 1.82) is 0 Å². The minimum Gasteiger partial charge on any atom is -0.454 e. The van der Waals surface area contributed by atoms with Gasteiger partial charge in [0, 0.05) is 45.5 Å². The Kier molecular flexibility index (Phi) is 6.98. The molecule has 0 aliphatic carbocycles. The second-order valence-corrected chi connectivity index (χ2v) is 8.87.